The number of hydrogen-bond donors (Lipinski definition) is 0. The van der Waals surface area contributed by atoms with E-state index in [1.807, 2.05) is 78.9 Å². The Bertz CT molecular complexity index is 735. The van der Waals surface area contributed by atoms with Crippen molar-refractivity contribution < 1.29 is 0 Å². The van der Waals surface area contributed by atoms with Crippen molar-refractivity contribution in [2.24, 2.45) is 0 Å². The molecule has 0 bridgehead atoms. The van der Waals surface area contributed by atoms with Crippen molar-refractivity contribution in [3.05, 3.63) is 102 Å². The average Bonchev–Trinajstić information content (AvgIpc) is 2.65. The minimum Gasteiger partial charge on any atom is -0.261 e. The van der Waals surface area contributed by atoms with E-state index >= 15 is 0 Å². The molecule has 2 nitrogen and oxygen atoms in total. The van der Waals surface area contributed by atoms with Gasteiger partial charge in [0.25, 0.3) is 0 Å². The minimum absolute atomic E-state index is 0.653. The van der Waals surface area contributed by atoms with Gasteiger partial charge in [-0.2, -0.15) is 5.26 Å². The van der Waals surface area contributed by atoms with E-state index in [4.69, 9.17) is 0 Å². The normalized spacial score (nSPS) is 10.9. The molecule has 2 heteroatoms. The van der Waals surface area contributed by atoms with Gasteiger partial charge in [-0.25, -0.2) is 0 Å². The molecule has 0 saturated heterocycles. The molecule has 3 aromatic rings. The highest BCUT2D eigenvalue weighted by Crippen LogP contribution is 2.36. The summed E-state index contributed by atoms with van der Waals surface area (Å²) in [4.78, 5) is 4.39. The number of aryl methyl sites for hydroxylation is 1. The number of nitriles is 1. The molecule has 1 heterocycles. The highest BCUT2D eigenvalue weighted by Gasteiger charge is 2.34. The molecular formula is C21H18N2. The monoisotopic (exact) mass is 298 g/mol. The van der Waals surface area contributed by atoms with Crippen LogP contribution in [0.1, 0.15) is 23.2 Å². The lowest BCUT2D eigenvalue weighted by Crippen LogP contribution is -2.26. The van der Waals surface area contributed by atoms with Crippen molar-refractivity contribution in [3.63, 3.8) is 0 Å². The minimum atomic E-state index is -0.653. The van der Waals surface area contributed by atoms with Gasteiger partial charge in [-0.3, -0.25) is 4.98 Å². The number of pyridine rings is 1. The highest BCUT2D eigenvalue weighted by molar-refractivity contribution is 5.45. The van der Waals surface area contributed by atoms with Gasteiger partial charge in [0.1, 0.15) is 5.41 Å². The van der Waals surface area contributed by atoms with Gasteiger partial charge < -0.3 is 0 Å². The summed E-state index contributed by atoms with van der Waals surface area (Å²) in [7, 11) is 0. The second-order valence-corrected chi connectivity index (χ2v) is 5.57. The van der Waals surface area contributed by atoms with Gasteiger partial charge in [0.15, 0.2) is 0 Å². The van der Waals surface area contributed by atoms with Gasteiger partial charge >= 0.3 is 0 Å². The Morgan fingerprint density at radius 2 is 1.35 bits per heavy atom. The molecule has 1 aromatic heterocycles. The van der Waals surface area contributed by atoms with Crippen LogP contribution in [0, 0.1) is 11.3 Å². The van der Waals surface area contributed by atoms with Gasteiger partial charge in [0, 0.05) is 11.9 Å². The van der Waals surface area contributed by atoms with Crippen LogP contribution in [0.15, 0.2) is 85.1 Å². The van der Waals surface area contributed by atoms with E-state index in [-0.39, 0.29) is 0 Å². The number of aromatic nitrogens is 1. The van der Waals surface area contributed by atoms with Crippen molar-refractivity contribution in [3.8, 4) is 6.07 Å². The van der Waals surface area contributed by atoms with Crippen molar-refractivity contribution in [1.82, 2.24) is 4.98 Å². The molecule has 0 radical (unpaired) electrons. The van der Waals surface area contributed by atoms with Crippen molar-refractivity contribution in [1.29, 1.82) is 5.26 Å². The Kier molecular flexibility index (Phi) is 4.49. The molecule has 0 atom stereocenters. The molecule has 0 N–H and O–H groups in total. The quantitative estimate of drug-likeness (QED) is 0.694. The molecule has 0 amide bonds. The fourth-order valence-electron chi connectivity index (χ4n) is 2.95. The lowest BCUT2D eigenvalue weighted by molar-refractivity contribution is 0.587. The van der Waals surface area contributed by atoms with E-state index in [1.54, 1.807) is 6.20 Å². The lowest BCUT2D eigenvalue weighted by atomic mass is 9.72. The summed E-state index contributed by atoms with van der Waals surface area (Å²) >= 11 is 0. The van der Waals surface area contributed by atoms with Gasteiger partial charge in [0.05, 0.1) is 6.07 Å². The van der Waals surface area contributed by atoms with Gasteiger partial charge in [-0.15, -0.1) is 0 Å². The maximum absolute atomic E-state index is 10.1. The number of rotatable bonds is 5. The highest BCUT2D eigenvalue weighted by atomic mass is 14.7. The van der Waals surface area contributed by atoms with E-state index in [0.29, 0.717) is 6.42 Å². The molecule has 0 spiro atoms. The molecule has 0 saturated carbocycles. The molecule has 0 aliphatic rings. The molecule has 112 valence electrons. The first kappa shape index (κ1) is 15.0. The Morgan fingerprint density at radius 1 is 0.783 bits per heavy atom. The van der Waals surface area contributed by atoms with Crippen molar-refractivity contribution >= 4 is 0 Å². The van der Waals surface area contributed by atoms with Crippen LogP contribution in [0.4, 0.5) is 0 Å². The topological polar surface area (TPSA) is 36.7 Å². The predicted molar refractivity (Wildman–Crippen MR) is 91.8 cm³/mol. The number of nitrogens with zero attached hydrogens (tertiary/aromatic N) is 2. The van der Waals surface area contributed by atoms with E-state index in [2.05, 4.69) is 11.1 Å². The SMILES string of the molecule is N#CC(CCc1ccccn1)(c1ccccc1)c1ccccc1. The Morgan fingerprint density at radius 3 is 1.83 bits per heavy atom. The van der Waals surface area contributed by atoms with Crippen LogP contribution in [0.25, 0.3) is 0 Å². The predicted octanol–water partition coefficient (Wildman–Crippen LogP) is 4.52. The summed E-state index contributed by atoms with van der Waals surface area (Å²) in [5, 5.41) is 10.1. The maximum Gasteiger partial charge on any atom is 0.107 e. The van der Waals surface area contributed by atoms with Crippen molar-refractivity contribution in [2.75, 3.05) is 0 Å². The van der Waals surface area contributed by atoms with Crippen LogP contribution >= 0.6 is 0 Å². The fraction of sp³-hybridized carbons (Fsp3) is 0.143. The first-order valence-corrected chi connectivity index (χ1v) is 7.77. The molecule has 0 unspecified atom stereocenters. The zero-order valence-corrected chi connectivity index (χ0v) is 12.9. The Hall–Kier alpha value is -2.92. The molecule has 23 heavy (non-hydrogen) atoms. The van der Waals surface area contributed by atoms with Gasteiger partial charge in [-0.05, 0) is 36.1 Å². The third kappa shape index (κ3) is 3.14. The standard InChI is InChI=1S/C21H18N2/c22-17-21(18-9-3-1-4-10-18,19-11-5-2-6-12-19)15-14-20-13-7-8-16-23-20/h1-13,16H,14-15H2. The fourth-order valence-corrected chi connectivity index (χ4v) is 2.95. The Balaban J connectivity index is 2.01. The summed E-state index contributed by atoms with van der Waals surface area (Å²) in [5.41, 5.74) is 2.42. The van der Waals surface area contributed by atoms with E-state index in [0.717, 1.165) is 23.2 Å². The summed E-state index contributed by atoms with van der Waals surface area (Å²) in [6, 6.07) is 28.6. The molecule has 2 aromatic carbocycles. The second-order valence-electron chi connectivity index (χ2n) is 5.57. The van der Waals surface area contributed by atoms with E-state index < -0.39 is 5.41 Å². The largest absolute Gasteiger partial charge is 0.261 e. The third-order valence-electron chi connectivity index (χ3n) is 4.21. The van der Waals surface area contributed by atoms with Crippen LogP contribution in [-0.2, 0) is 11.8 Å². The van der Waals surface area contributed by atoms with Crippen LogP contribution in [0.2, 0.25) is 0 Å². The summed E-state index contributed by atoms with van der Waals surface area (Å²) in [5.74, 6) is 0. The zero-order valence-electron chi connectivity index (χ0n) is 12.9. The van der Waals surface area contributed by atoms with Crippen LogP contribution in [-0.4, -0.2) is 4.98 Å². The van der Waals surface area contributed by atoms with E-state index in [9.17, 15) is 5.26 Å². The maximum atomic E-state index is 10.1. The van der Waals surface area contributed by atoms with Gasteiger partial charge in [-0.1, -0.05) is 66.7 Å². The third-order valence-corrected chi connectivity index (χ3v) is 4.21. The molecule has 3 rings (SSSR count). The van der Waals surface area contributed by atoms with Crippen LogP contribution in [0.5, 0.6) is 0 Å². The summed E-state index contributed by atoms with van der Waals surface area (Å²) in [6.07, 6.45) is 3.27. The molecular weight excluding hydrogens is 280 g/mol. The first-order valence-electron chi connectivity index (χ1n) is 7.77. The van der Waals surface area contributed by atoms with E-state index in [1.165, 1.54) is 0 Å². The smallest absolute Gasteiger partial charge is 0.107 e. The second kappa shape index (κ2) is 6.89. The zero-order chi connectivity index (χ0) is 16.0. The Labute approximate surface area is 137 Å². The summed E-state index contributed by atoms with van der Waals surface area (Å²) < 4.78 is 0. The molecule has 0 aliphatic heterocycles. The summed E-state index contributed by atoms with van der Waals surface area (Å²) in [6.45, 7) is 0. The first-order chi connectivity index (χ1) is 11.3. The van der Waals surface area contributed by atoms with Crippen LogP contribution < -0.4 is 0 Å². The number of benzene rings is 2. The van der Waals surface area contributed by atoms with Crippen LogP contribution in [0.3, 0.4) is 0 Å². The van der Waals surface area contributed by atoms with Gasteiger partial charge in [0.2, 0.25) is 0 Å². The number of hydrogen-bond acceptors (Lipinski definition) is 2. The lowest BCUT2D eigenvalue weighted by Gasteiger charge is -2.28. The molecule has 0 fully saturated rings. The molecule has 0 aliphatic carbocycles. The van der Waals surface area contributed by atoms with Crippen molar-refractivity contribution in [2.45, 2.75) is 18.3 Å². The average molecular weight is 298 g/mol.